The Bertz CT molecular complexity index is 1610. The van der Waals surface area contributed by atoms with Gasteiger partial charge in [-0.2, -0.15) is 0 Å². The highest BCUT2D eigenvalue weighted by Gasteiger charge is 2.25. The van der Waals surface area contributed by atoms with Crippen LogP contribution in [0.25, 0.3) is 11.0 Å². The summed E-state index contributed by atoms with van der Waals surface area (Å²) in [6, 6.07) is 16.4. The normalized spacial score (nSPS) is 17.2. The second-order valence-corrected chi connectivity index (χ2v) is 12.3. The Labute approximate surface area is 244 Å². The molecule has 1 saturated heterocycles. The van der Waals surface area contributed by atoms with Crippen LogP contribution in [-0.2, 0) is 35.5 Å². The van der Waals surface area contributed by atoms with Crippen LogP contribution in [0.1, 0.15) is 54.5 Å². The summed E-state index contributed by atoms with van der Waals surface area (Å²) in [5.41, 5.74) is 5.41. The summed E-state index contributed by atoms with van der Waals surface area (Å²) < 4.78 is 27.9. The van der Waals surface area contributed by atoms with Crippen molar-refractivity contribution >= 4 is 40.0 Å². The Balaban J connectivity index is 1.24. The van der Waals surface area contributed by atoms with Crippen molar-refractivity contribution in [2.24, 2.45) is 0 Å². The van der Waals surface area contributed by atoms with Gasteiger partial charge in [0.15, 0.2) is 0 Å². The molecule has 2 aliphatic heterocycles. The van der Waals surface area contributed by atoms with Gasteiger partial charge < -0.3 is 19.4 Å². The first-order valence-electron chi connectivity index (χ1n) is 14.0. The fourth-order valence-corrected chi connectivity index (χ4v) is 5.53. The summed E-state index contributed by atoms with van der Waals surface area (Å²) in [5.74, 6) is 0.211. The molecule has 0 saturated carbocycles. The number of imidazole rings is 1. The molecule has 214 valence electrons. The van der Waals surface area contributed by atoms with E-state index in [1.165, 1.54) is 17.2 Å². The molecule has 0 aliphatic carbocycles. The predicted molar refractivity (Wildman–Crippen MR) is 158 cm³/mol. The van der Waals surface area contributed by atoms with Crippen molar-refractivity contribution in [2.75, 3.05) is 18.5 Å². The molecule has 1 N–H and O–H groups in total. The van der Waals surface area contributed by atoms with E-state index in [1.54, 1.807) is 18.2 Å². The lowest BCUT2D eigenvalue weighted by Crippen LogP contribution is -2.34. The molecule has 3 heterocycles. The van der Waals surface area contributed by atoms with Crippen LogP contribution in [0.2, 0.25) is 5.02 Å². The van der Waals surface area contributed by atoms with E-state index in [2.05, 4.69) is 26.9 Å². The zero-order valence-electron chi connectivity index (χ0n) is 23.5. The summed E-state index contributed by atoms with van der Waals surface area (Å²) in [7, 11) is 0. The van der Waals surface area contributed by atoms with Gasteiger partial charge in [0.2, 0.25) is 0 Å². The summed E-state index contributed by atoms with van der Waals surface area (Å²) in [6.07, 6.45) is 2.06. The van der Waals surface area contributed by atoms with Gasteiger partial charge in [0.25, 0.3) is 0 Å². The summed E-state index contributed by atoms with van der Waals surface area (Å²) >= 11 is 5.91. The van der Waals surface area contributed by atoms with Crippen molar-refractivity contribution in [2.45, 2.75) is 65.0 Å². The SMILES string of the molecule is CC(C)(C)OC(=O)c1ccc2nc(CN3CCc4ccc(Nc5ccc(Cl)cc5F)cc4C3)n(C[C@@H]3CCO3)c2c1. The molecular formula is C32H34ClFN4O3. The van der Waals surface area contributed by atoms with Crippen LogP contribution < -0.4 is 5.32 Å². The number of anilines is 2. The lowest BCUT2D eigenvalue weighted by molar-refractivity contribution is -0.0592. The number of halogens is 2. The molecule has 1 fully saturated rings. The minimum atomic E-state index is -0.569. The summed E-state index contributed by atoms with van der Waals surface area (Å²) in [5, 5.41) is 3.55. The highest BCUT2D eigenvalue weighted by Crippen LogP contribution is 2.29. The van der Waals surface area contributed by atoms with Gasteiger partial charge in [0, 0.05) is 30.4 Å². The number of esters is 1. The van der Waals surface area contributed by atoms with Crippen LogP contribution >= 0.6 is 11.6 Å². The molecule has 0 spiro atoms. The number of hydrogen-bond donors (Lipinski definition) is 1. The molecule has 4 aromatic rings. The molecule has 0 bridgehead atoms. The number of carbonyl (C=O) groups is 1. The maximum atomic E-state index is 14.4. The molecule has 3 aromatic carbocycles. The Hall–Kier alpha value is -3.46. The van der Waals surface area contributed by atoms with Gasteiger partial charge in [-0.25, -0.2) is 14.2 Å². The van der Waals surface area contributed by atoms with Gasteiger partial charge >= 0.3 is 5.97 Å². The highest BCUT2D eigenvalue weighted by atomic mass is 35.5. The number of ether oxygens (including phenoxy) is 2. The number of nitrogens with one attached hydrogen (secondary N) is 1. The van der Waals surface area contributed by atoms with Gasteiger partial charge in [0.05, 0.1) is 41.5 Å². The molecule has 0 unspecified atom stereocenters. The third-order valence-electron chi connectivity index (χ3n) is 7.51. The number of carbonyl (C=O) groups excluding carboxylic acids is 1. The fraction of sp³-hybridized carbons (Fsp3) is 0.375. The van der Waals surface area contributed by atoms with E-state index in [1.807, 2.05) is 39.0 Å². The van der Waals surface area contributed by atoms with Crippen molar-refractivity contribution in [3.8, 4) is 0 Å². The van der Waals surface area contributed by atoms with Crippen molar-refractivity contribution < 1.29 is 18.7 Å². The Morgan fingerprint density at radius 1 is 1.15 bits per heavy atom. The smallest absolute Gasteiger partial charge is 0.338 e. The number of benzene rings is 3. The first-order chi connectivity index (χ1) is 19.6. The van der Waals surface area contributed by atoms with Crippen LogP contribution in [0, 0.1) is 5.82 Å². The molecule has 41 heavy (non-hydrogen) atoms. The summed E-state index contributed by atoms with van der Waals surface area (Å²) in [6.45, 7) is 9.37. The zero-order valence-corrected chi connectivity index (χ0v) is 24.3. The molecule has 0 amide bonds. The highest BCUT2D eigenvalue weighted by molar-refractivity contribution is 6.30. The van der Waals surface area contributed by atoms with Crippen LogP contribution in [0.15, 0.2) is 54.6 Å². The molecule has 2 aliphatic rings. The van der Waals surface area contributed by atoms with Crippen LogP contribution in [0.4, 0.5) is 15.8 Å². The van der Waals surface area contributed by atoms with Gasteiger partial charge in [0.1, 0.15) is 17.2 Å². The fourth-order valence-electron chi connectivity index (χ4n) is 5.37. The van der Waals surface area contributed by atoms with Crippen LogP contribution in [-0.4, -0.2) is 45.3 Å². The topological polar surface area (TPSA) is 68.6 Å². The van der Waals surface area contributed by atoms with E-state index in [-0.39, 0.29) is 17.9 Å². The first kappa shape index (κ1) is 27.7. The second-order valence-electron chi connectivity index (χ2n) is 11.8. The average molecular weight is 577 g/mol. The quantitative estimate of drug-likeness (QED) is 0.242. The first-order valence-corrected chi connectivity index (χ1v) is 14.4. The van der Waals surface area contributed by atoms with Crippen molar-refractivity contribution in [1.29, 1.82) is 0 Å². The van der Waals surface area contributed by atoms with E-state index >= 15 is 0 Å². The van der Waals surface area contributed by atoms with Gasteiger partial charge in [-0.05, 0) is 93.3 Å². The van der Waals surface area contributed by atoms with Gasteiger partial charge in [-0.1, -0.05) is 17.7 Å². The van der Waals surface area contributed by atoms with Gasteiger partial charge in [-0.3, -0.25) is 4.90 Å². The maximum absolute atomic E-state index is 14.4. The van der Waals surface area contributed by atoms with Crippen LogP contribution in [0.5, 0.6) is 0 Å². The standard InChI is InChI=1S/C32H34ClFN4O3/c1-32(2,3)41-31(39)21-5-8-28-29(15-21)38(18-25-11-13-40-25)30(36-28)19-37-12-10-20-4-7-24(14-22(20)17-37)35-27-9-6-23(33)16-26(27)34/h4-9,14-16,25,35H,10-13,17-19H2,1-3H3/t25-/m0/s1. The van der Waals surface area contributed by atoms with E-state index in [4.69, 9.17) is 26.1 Å². The molecule has 9 heteroatoms. The lowest BCUT2D eigenvalue weighted by atomic mass is 9.99. The van der Waals surface area contributed by atoms with E-state index in [0.717, 1.165) is 55.1 Å². The zero-order chi connectivity index (χ0) is 28.7. The number of hydrogen-bond acceptors (Lipinski definition) is 6. The number of aromatic nitrogens is 2. The van der Waals surface area contributed by atoms with Gasteiger partial charge in [-0.15, -0.1) is 0 Å². The minimum Gasteiger partial charge on any atom is -0.456 e. The third kappa shape index (κ3) is 6.25. The third-order valence-corrected chi connectivity index (χ3v) is 7.75. The monoisotopic (exact) mass is 576 g/mol. The number of fused-ring (bicyclic) bond motifs is 2. The largest absolute Gasteiger partial charge is 0.456 e. The Morgan fingerprint density at radius 3 is 2.71 bits per heavy atom. The maximum Gasteiger partial charge on any atom is 0.338 e. The molecule has 7 nitrogen and oxygen atoms in total. The minimum absolute atomic E-state index is 0.139. The Kier molecular flexibility index (Phi) is 7.49. The average Bonchev–Trinajstić information content (AvgIpc) is 3.22. The molecule has 1 aromatic heterocycles. The lowest BCUT2D eigenvalue weighted by Gasteiger charge is -2.30. The molecule has 6 rings (SSSR count). The molecule has 0 radical (unpaired) electrons. The van der Waals surface area contributed by atoms with Crippen LogP contribution in [0.3, 0.4) is 0 Å². The van der Waals surface area contributed by atoms with Crippen molar-refractivity contribution in [3.05, 3.63) is 88.0 Å². The van der Waals surface area contributed by atoms with Crippen molar-refractivity contribution in [3.63, 3.8) is 0 Å². The number of rotatable bonds is 7. The molecular weight excluding hydrogens is 543 g/mol. The summed E-state index contributed by atoms with van der Waals surface area (Å²) in [4.78, 5) is 20.2. The van der Waals surface area contributed by atoms with Crippen molar-refractivity contribution in [1.82, 2.24) is 14.5 Å². The predicted octanol–water partition coefficient (Wildman–Crippen LogP) is 6.87. The van der Waals surface area contributed by atoms with E-state index < -0.39 is 5.60 Å². The number of nitrogens with zero attached hydrogens (tertiary/aromatic N) is 3. The molecule has 1 atom stereocenters. The van der Waals surface area contributed by atoms with E-state index in [9.17, 15) is 9.18 Å². The second kappa shape index (κ2) is 11.1. The Morgan fingerprint density at radius 2 is 1.98 bits per heavy atom. The van der Waals surface area contributed by atoms with E-state index in [0.29, 0.717) is 29.4 Å².